The summed E-state index contributed by atoms with van der Waals surface area (Å²) in [4.78, 5) is 1.37. The van der Waals surface area contributed by atoms with Crippen molar-refractivity contribution >= 4 is 27.3 Å². The van der Waals surface area contributed by atoms with Gasteiger partial charge in [0.2, 0.25) is 0 Å². The smallest absolute Gasteiger partial charge is 0.0731 e. The molecular formula is C13H18BrN3S. The number of nitrogens with one attached hydrogen (secondary N) is 1. The molecule has 0 radical (unpaired) electrons. The molecule has 98 valence electrons. The van der Waals surface area contributed by atoms with Gasteiger partial charge in [-0.25, -0.2) is 0 Å². The summed E-state index contributed by atoms with van der Waals surface area (Å²) in [5.74, 6) is 0. The van der Waals surface area contributed by atoms with Crippen molar-refractivity contribution < 1.29 is 0 Å². The Hall–Kier alpha value is -0.650. The van der Waals surface area contributed by atoms with Gasteiger partial charge < -0.3 is 5.32 Å². The third-order valence-electron chi connectivity index (χ3n) is 2.85. The molecule has 0 bridgehead atoms. The Balaban J connectivity index is 2.17. The predicted octanol–water partition coefficient (Wildman–Crippen LogP) is 3.45. The summed E-state index contributed by atoms with van der Waals surface area (Å²) in [6.45, 7) is 5.24. The summed E-state index contributed by atoms with van der Waals surface area (Å²) < 4.78 is 3.08. The van der Waals surface area contributed by atoms with Crippen LogP contribution in [0, 0.1) is 6.92 Å². The van der Waals surface area contributed by atoms with Gasteiger partial charge in [0.25, 0.3) is 0 Å². The molecule has 0 spiro atoms. The van der Waals surface area contributed by atoms with Crippen molar-refractivity contribution in [2.24, 2.45) is 7.05 Å². The lowest BCUT2D eigenvalue weighted by Crippen LogP contribution is -2.22. The SMILES string of the molecule is CCNC(Cc1ccn(C)n1)c1cc(C)c(Br)s1. The van der Waals surface area contributed by atoms with E-state index in [2.05, 4.69) is 52.3 Å². The number of thiophene rings is 1. The monoisotopic (exact) mass is 327 g/mol. The van der Waals surface area contributed by atoms with Crippen molar-refractivity contribution in [3.63, 3.8) is 0 Å². The third kappa shape index (κ3) is 3.22. The topological polar surface area (TPSA) is 29.9 Å². The second-order valence-corrected chi connectivity index (χ2v) is 6.80. The van der Waals surface area contributed by atoms with Crippen LogP contribution in [0.15, 0.2) is 22.1 Å². The van der Waals surface area contributed by atoms with Gasteiger partial charge in [0, 0.05) is 30.6 Å². The quantitative estimate of drug-likeness (QED) is 0.911. The zero-order valence-electron chi connectivity index (χ0n) is 10.9. The van der Waals surface area contributed by atoms with Crippen molar-refractivity contribution in [1.82, 2.24) is 15.1 Å². The van der Waals surface area contributed by atoms with E-state index in [1.54, 1.807) is 0 Å². The summed E-state index contributed by atoms with van der Waals surface area (Å²) >= 11 is 5.40. The Morgan fingerprint density at radius 2 is 2.33 bits per heavy atom. The molecule has 0 aliphatic carbocycles. The molecule has 2 aromatic heterocycles. The molecule has 0 saturated carbocycles. The molecule has 0 fully saturated rings. The van der Waals surface area contributed by atoms with E-state index in [-0.39, 0.29) is 0 Å². The van der Waals surface area contributed by atoms with Crippen LogP contribution in [-0.2, 0) is 13.5 Å². The van der Waals surface area contributed by atoms with Crippen LogP contribution >= 0.6 is 27.3 Å². The number of hydrogen-bond donors (Lipinski definition) is 1. The van der Waals surface area contributed by atoms with Gasteiger partial charge in [0.15, 0.2) is 0 Å². The van der Waals surface area contributed by atoms with Gasteiger partial charge in [-0.15, -0.1) is 11.3 Å². The van der Waals surface area contributed by atoms with Crippen molar-refractivity contribution in [3.8, 4) is 0 Å². The fraction of sp³-hybridized carbons (Fsp3) is 0.462. The van der Waals surface area contributed by atoms with Crippen LogP contribution in [0.5, 0.6) is 0 Å². The average molecular weight is 328 g/mol. The summed E-state index contributed by atoms with van der Waals surface area (Å²) in [5, 5.41) is 7.99. The van der Waals surface area contributed by atoms with E-state index in [1.165, 1.54) is 14.2 Å². The lowest BCUT2D eigenvalue weighted by Gasteiger charge is -2.14. The van der Waals surface area contributed by atoms with Crippen LogP contribution < -0.4 is 5.32 Å². The molecule has 0 saturated heterocycles. The first-order chi connectivity index (χ1) is 8.60. The van der Waals surface area contributed by atoms with Crippen LogP contribution in [0.1, 0.15) is 29.1 Å². The molecule has 0 aromatic carbocycles. The molecular weight excluding hydrogens is 310 g/mol. The highest BCUT2D eigenvalue weighted by molar-refractivity contribution is 9.11. The highest BCUT2D eigenvalue weighted by atomic mass is 79.9. The molecule has 0 amide bonds. The summed E-state index contributed by atoms with van der Waals surface area (Å²) in [5.41, 5.74) is 2.43. The molecule has 2 aromatic rings. The average Bonchev–Trinajstić information content (AvgIpc) is 2.86. The fourth-order valence-electron chi connectivity index (χ4n) is 1.96. The first-order valence-corrected chi connectivity index (χ1v) is 7.68. The summed E-state index contributed by atoms with van der Waals surface area (Å²) in [6, 6.07) is 4.69. The molecule has 18 heavy (non-hydrogen) atoms. The Labute approximate surface area is 120 Å². The van der Waals surface area contributed by atoms with Crippen LogP contribution in [0.3, 0.4) is 0 Å². The Morgan fingerprint density at radius 1 is 1.56 bits per heavy atom. The van der Waals surface area contributed by atoms with Crippen LogP contribution in [0.2, 0.25) is 0 Å². The molecule has 3 nitrogen and oxygen atoms in total. The Bertz CT molecular complexity index is 499. The van der Waals surface area contributed by atoms with Crippen LogP contribution in [-0.4, -0.2) is 16.3 Å². The van der Waals surface area contributed by atoms with Crippen molar-refractivity contribution in [2.45, 2.75) is 26.3 Å². The Kier molecular flexibility index (Phi) is 4.59. The zero-order valence-corrected chi connectivity index (χ0v) is 13.3. The van der Waals surface area contributed by atoms with Gasteiger partial charge >= 0.3 is 0 Å². The number of hydrogen-bond acceptors (Lipinski definition) is 3. The van der Waals surface area contributed by atoms with Crippen LogP contribution in [0.4, 0.5) is 0 Å². The van der Waals surface area contributed by atoms with Crippen molar-refractivity contribution in [3.05, 3.63) is 38.3 Å². The maximum atomic E-state index is 4.46. The minimum absolute atomic E-state index is 0.347. The molecule has 5 heteroatoms. The zero-order chi connectivity index (χ0) is 13.1. The molecule has 1 unspecified atom stereocenters. The lowest BCUT2D eigenvalue weighted by atomic mass is 10.1. The normalized spacial score (nSPS) is 12.9. The number of rotatable bonds is 5. The maximum Gasteiger partial charge on any atom is 0.0731 e. The van der Waals surface area contributed by atoms with E-state index in [0.717, 1.165) is 18.7 Å². The predicted molar refractivity (Wildman–Crippen MR) is 80.1 cm³/mol. The number of aromatic nitrogens is 2. The van der Waals surface area contributed by atoms with E-state index < -0.39 is 0 Å². The third-order valence-corrected chi connectivity index (χ3v) is 5.10. The van der Waals surface area contributed by atoms with Gasteiger partial charge in [0.1, 0.15) is 0 Å². The van der Waals surface area contributed by atoms with E-state index in [1.807, 2.05) is 29.3 Å². The highest BCUT2D eigenvalue weighted by Crippen LogP contribution is 2.32. The largest absolute Gasteiger partial charge is 0.309 e. The van der Waals surface area contributed by atoms with Gasteiger partial charge in [-0.3, -0.25) is 4.68 Å². The van der Waals surface area contributed by atoms with Crippen molar-refractivity contribution in [2.75, 3.05) is 6.54 Å². The standard InChI is InChI=1S/C13H18BrN3S/c1-4-15-11(8-10-5-6-17(3)16-10)12-7-9(2)13(14)18-12/h5-7,11,15H,4,8H2,1-3H3. The minimum atomic E-state index is 0.347. The van der Waals surface area contributed by atoms with E-state index >= 15 is 0 Å². The summed E-state index contributed by atoms with van der Waals surface area (Å²) in [7, 11) is 1.96. The van der Waals surface area contributed by atoms with E-state index in [4.69, 9.17) is 0 Å². The molecule has 2 rings (SSSR count). The maximum absolute atomic E-state index is 4.46. The van der Waals surface area contributed by atoms with Gasteiger partial charge in [0.05, 0.1) is 9.48 Å². The number of aryl methyl sites for hydroxylation is 2. The Morgan fingerprint density at radius 3 is 2.83 bits per heavy atom. The first kappa shape index (κ1) is 13.8. The van der Waals surface area contributed by atoms with Crippen molar-refractivity contribution in [1.29, 1.82) is 0 Å². The van der Waals surface area contributed by atoms with Gasteiger partial charge in [-0.2, -0.15) is 5.10 Å². The lowest BCUT2D eigenvalue weighted by molar-refractivity contribution is 0.547. The number of likely N-dealkylation sites (N-methyl/N-ethyl adjacent to an activating group) is 1. The molecule has 1 atom stereocenters. The first-order valence-electron chi connectivity index (χ1n) is 6.08. The molecule has 2 heterocycles. The molecule has 0 aliphatic heterocycles. The summed E-state index contributed by atoms with van der Waals surface area (Å²) in [6.07, 6.45) is 2.93. The highest BCUT2D eigenvalue weighted by Gasteiger charge is 2.16. The number of halogens is 1. The minimum Gasteiger partial charge on any atom is -0.309 e. The van der Waals surface area contributed by atoms with Gasteiger partial charge in [-0.1, -0.05) is 6.92 Å². The van der Waals surface area contributed by atoms with Gasteiger partial charge in [-0.05, 0) is 47.1 Å². The second-order valence-electron chi connectivity index (χ2n) is 4.40. The van der Waals surface area contributed by atoms with E-state index in [9.17, 15) is 0 Å². The number of nitrogens with zero attached hydrogens (tertiary/aromatic N) is 2. The molecule has 1 N–H and O–H groups in total. The van der Waals surface area contributed by atoms with Crippen LogP contribution in [0.25, 0.3) is 0 Å². The fourth-order valence-corrected chi connectivity index (χ4v) is 3.60. The second kappa shape index (κ2) is 5.99. The van der Waals surface area contributed by atoms with E-state index in [0.29, 0.717) is 6.04 Å². The molecule has 0 aliphatic rings.